The van der Waals surface area contributed by atoms with Gasteiger partial charge in [-0.1, -0.05) is 57.2 Å². The van der Waals surface area contributed by atoms with Crippen LogP contribution in [0.5, 0.6) is 0 Å². The molecule has 4 N–H and O–H groups in total. The minimum atomic E-state index is -0.619. The van der Waals surface area contributed by atoms with E-state index in [9.17, 15) is 14.4 Å². The molecule has 0 radical (unpaired) electrons. The van der Waals surface area contributed by atoms with Crippen molar-refractivity contribution in [3.63, 3.8) is 0 Å². The van der Waals surface area contributed by atoms with Crippen LogP contribution in [0.15, 0.2) is 42.5 Å². The Hall–Kier alpha value is -2.93. The minimum absolute atomic E-state index is 0.0432. The Morgan fingerprint density at radius 1 is 1.03 bits per heavy atom. The fourth-order valence-corrected chi connectivity index (χ4v) is 5.63. The van der Waals surface area contributed by atoms with Gasteiger partial charge in [0, 0.05) is 18.2 Å². The smallest absolute Gasteiger partial charge is 0.278 e. The number of nitrogens with zero attached hydrogens (tertiary/aromatic N) is 1. The van der Waals surface area contributed by atoms with Gasteiger partial charge in [0.2, 0.25) is 5.91 Å². The van der Waals surface area contributed by atoms with Crippen molar-refractivity contribution < 1.29 is 19.7 Å². The summed E-state index contributed by atoms with van der Waals surface area (Å²) in [4.78, 5) is 41.8. The lowest BCUT2D eigenvalue weighted by Crippen LogP contribution is -2.88. The van der Waals surface area contributed by atoms with Gasteiger partial charge in [-0.25, -0.2) is 0 Å². The highest BCUT2D eigenvalue weighted by molar-refractivity contribution is 6.07. The summed E-state index contributed by atoms with van der Waals surface area (Å²) in [6.45, 7) is 8.45. The zero-order valence-corrected chi connectivity index (χ0v) is 21.5. The van der Waals surface area contributed by atoms with Gasteiger partial charge in [-0.3, -0.25) is 14.4 Å². The molecule has 2 fully saturated rings. The van der Waals surface area contributed by atoms with Gasteiger partial charge in [0.25, 0.3) is 11.8 Å². The maximum absolute atomic E-state index is 13.8. The number of fused-ring (bicyclic) bond motifs is 2. The lowest BCUT2D eigenvalue weighted by atomic mass is 9.85. The second-order valence-corrected chi connectivity index (χ2v) is 11.2. The van der Waals surface area contributed by atoms with Crippen molar-refractivity contribution in [1.29, 1.82) is 0 Å². The first kappa shape index (κ1) is 25.2. The molecule has 188 valence electrons. The summed E-state index contributed by atoms with van der Waals surface area (Å²) in [5.41, 5.74) is 0.227. The quantitative estimate of drug-likeness (QED) is 0.592. The van der Waals surface area contributed by atoms with E-state index in [0.717, 1.165) is 30.0 Å². The molecule has 1 aliphatic carbocycles. The second-order valence-electron chi connectivity index (χ2n) is 11.2. The predicted octanol–water partition coefficient (Wildman–Crippen LogP) is 2.06. The number of quaternary nitrogens is 1. The van der Waals surface area contributed by atoms with Gasteiger partial charge in [-0.2, -0.15) is 0 Å². The molecule has 1 heterocycles. The van der Waals surface area contributed by atoms with Crippen LogP contribution in [0.2, 0.25) is 0 Å². The fraction of sp³-hybridized carbons (Fsp3) is 0.536. The third-order valence-corrected chi connectivity index (χ3v) is 7.79. The summed E-state index contributed by atoms with van der Waals surface area (Å²) in [6.07, 6.45) is 2.77. The third-order valence-electron chi connectivity index (χ3n) is 7.79. The maximum Gasteiger partial charge on any atom is 0.278 e. The molecule has 7 heteroatoms. The van der Waals surface area contributed by atoms with Crippen LogP contribution < -0.4 is 16.0 Å². The Bertz CT molecular complexity index is 1100. The van der Waals surface area contributed by atoms with Crippen molar-refractivity contribution in [2.75, 3.05) is 13.6 Å². The zero-order chi connectivity index (χ0) is 25.3. The number of nitrogens with one attached hydrogen (secondary N) is 2. The lowest BCUT2D eigenvalue weighted by molar-refractivity contribution is -0.646. The van der Waals surface area contributed by atoms with Crippen molar-refractivity contribution in [3.8, 4) is 0 Å². The third kappa shape index (κ3) is 5.06. The van der Waals surface area contributed by atoms with Crippen molar-refractivity contribution in [2.45, 2.75) is 71.1 Å². The molecule has 1 aliphatic heterocycles. The summed E-state index contributed by atoms with van der Waals surface area (Å²) in [5, 5.41) is 10.1. The van der Waals surface area contributed by atoms with E-state index < -0.39 is 11.5 Å². The molecule has 7 nitrogen and oxygen atoms in total. The fourth-order valence-electron chi connectivity index (χ4n) is 5.63. The Labute approximate surface area is 208 Å². The largest absolute Gasteiger partial charge is 0.347 e. The van der Waals surface area contributed by atoms with Crippen molar-refractivity contribution in [2.24, 2.45) is 11.3 Å². The normalized spacial score (nSPS) is 23.6. The standard InChI is InChI=1S/C28H38N4O3/c1-17(29-5)25(33)31-24(28(2,3)4)27(35)32-16-15-19-13-14-22(23(19)32)30-26(34)21-12-8-10-18-9-6-7-11-20(18)21/h6-12,17,19,22-24,29H,13-16H2,1-5H3,(H,30,34)(H,31,33)/p+1/t17-,19+,22-,23-,24+/m0/s1. The molecule has 0 bridgehead atoms. The molecule has 1 saturated heterocycles. The van der Waals surface area contributed by atoms with Gasteiger partial charge < -0.3 is 20.9 Å². The molecular weight excluding hydrogens is 440 g/mol. The second kappa shape index (κ2) is 9.97. The first-order valence-electron chi connectivity index (χ1n) is 12.8. The van der Waals surface area contributed by atoms with Crippen LogP contribution >= 0.6 is 0 Å². The number of hydrogen-bond donors (Lipinski definition) is 3. The van der Waals surface area contributed by atoms with Gasteiger partial charge in [0.1, 0.15) is 6.04 Å². The van der Waals surface area contributed by atoms with Crippen LogP contribution in [0.3, 0.4) is 0 Å². The van der Waals surface area contributed by atoms with Gasteiger partial charge in [-0.05, 0) is 54.4 Å². The topological polar surface area (TPSA) is 95.1 Å². The number of nitrogens with two attached hydrogens (primary N) is 1. The van der Waals surface area contributed by atoms with Gasteiger partial charge >= 0.3 is 0 Å². The number of benzene rings is 2. The monoisotopic (exact) mass is 479 g/mol. The highest BCUT2D eigenvalue weighted by Gasteiger charge is 2.49. The average Bonchev–Trinajstić information content (AvgIpc) is 3.43. The highest BCUT2D eigenvalue weighted by Crippen LogP contribution is 2.39. The summed E-state index contributed by atoms with van der Waals surface area (Å²) in [5.74, 6) is 0.0902. The van der Waals surface area contributed by atoms with Crippen LogP contribution in [0, 0.1) is 11.3 Å². The number of carbonyl (C=O) groups is 3. The Kier molecular flexibility index (Phi) is 7.17. The van der Waals surface area contributed by atoms with Gasteiger partial charge in [-0.15, -0.1) is 0 Å². The summed E-state index contributed by atoms with van der Waals surface area (Å²) in [7, 11) is 1.85. The van der Waals surface area contributed by atoms with Crippen LogP contribution in [-0.4, -0.2) is 60.4 Å². The van der Waals surface area contributed by atoms with E-state index in [-0.39, 0.29) is 35.8 Å². The number of rotatable bonds is 6. The van der Waals surface area contributed by atoms with E-state index in [1.165, 1.54) is 0 Å². The molecule has 1 saturated carbocycles. The number of likely N-dealkylation sites (tertiary alicyclic amines) is 1. The molecule has 3 amide bonds. The van der Waals surface area contributed by atoms with Crippen LogP contribution in [0.4, 0.5) is 0 Å². The first-order valence-corrected chi connectivity index (χ1v) is 12.8. The summed E-state index contributed by atoms with van der Waals surface area (Å²) >= 11 is 0. The van der Waals surface area contributed by atoms with Crippen molar-refractivity contribution in [1.82, 2.24) is 15.5 Å². The van der Waals surface area contributed by atoms with E-state index in [1.54, 1.807) is 0 Å². The minimum Gasteiger partial charge on any atom is -0.347 e. The van der Waals surface area contributed by atoms with Crippen LogP contribution in [0.25, 0.3) is 10.8 Å². The molecule has 2 aromatic carbocycles. The molecule has 0 unspecified atom stereocenters. The molecule has 0 spiro atoms. The van der Waals surface area contributed by atoms with E-state index in [0.29, 0.717) is 18.0 Å². The molecule has 2 aromatic rings. The van der Waals surface area contributed by atoms with Crippen LogP contribution in [0.1, 0.15) is 57.3 Å². The number of likely N-dealkylation sites (N-methyl/N-ethyl adjacent to an activating group) is 1. The van der Waals surface area contributed by atoms with E-state index in [2.05, 4.69) is 10.6 Å². The maximum atomic E-state index is 13.8. The highest BCUT2D eigenvalue weighted by atomic mass is 16.2. The predicted molar refractivity (Wildman–Crippen MR) is 137 cm³/mol. The molecular formula is C28H39N4O3+. The van der Waals surface area contributed by atoms with E-state index in [4.69, 9.17) is 0 Å². The van der Waals surface area contributed by atoms with Crippen LogP contribution in [-0.2, 0) is 9.59 Å². The van der Waals surface area contributed by atoms with E-state index in [1.807, 2.05) is 87.4 Å². The molecule has 2 aliphatic rings. The Balaban J connectivity index is 1.54. The molecule has 0 aromatic heterocycles. The Morgan fingerprint density at radius 3 is 2.46 bits per heavy atom. The van der Waals surface area contributed by atoms with E-state index >= 15 is 0 Å². The van der Waals surface area contributed by atoms with Crippen molar-refractivity contribution >= 4 is 28.5 Å². The average molecular weight is 480 g/mol. The summed E-state index contributed by atoms with van der Waals surface area (Å²) in [6, 6.07) is 12.6. The first-order chi connectivity index (χ1) is 16.6. The lowest BCUT2D eigenvalue weighted by Gasteiger charge is -2.37. The molecule has 4 rings (SSSR count). The molecule has 5 atom stereocenters. The summed E-state index contributed by atoms with van der Waals surface area (Å²) < 4.78 is 0. The number of amides is 3. The van der Waals surface area contributed by atoms with Gasteiger partial charge in [0.05, 0.1) is 13.1 Å². The van der Waals surface area contributed by atoms with Gasteiger partial charge in [0.15, 0.2) is 6.04 Å². The SMILES string of the molecule is C[NH2+][C@@H](C)C(=O)N[C@H](C(=O)N1CC[C@H]2CC[C@H](NC(=O)c3cccc4ccccc34)[C@H]21)C(C)(C)C. The Morgan fingerprint density at radius 2 is 1.74 bits per heavy atom. The van der Waals surface area contributed by atoms with Crippen molar-refractivity contribution in [3.05, 3.63) is 48.0 Å². The number of carbonyl (C=O) groups excluding carboxylic acids is 3. The zero-order valence-electron chi connectivity index (χ0n) is 21.5. The number of hydrogen-bond acceptors (Lipinski definition) is 3. The molecule has 35 heavy (non-hydrogen) atoms.